The van der Waals surface area contributed by atoms with Crippen molar-refractivity contribution >= 4 is 22.6 Å². The molecule has 2 fully saturated rings. The number of nitrogens with one attached hydrogen (secondary N) is 2. The van der Waals surface area contributed by atoms with Crippen LogP contribution >= 0.6 is 0 Å². The average Bonchev–Trinajstić information content (AvgIpc) is 3.38. The number of benzene rings is 2. The van der Waals surface area contributed by atoms with Gasteiger partial charge in [-0.15, -0.1) is 0 Å². The Labute approximate surface area is 187 Å². The summed E-state index contributed by atoms with van der Waals surface area (Å²) in [5, 5.41) is 4.10. The average molecular weight is 434 g/mol. The van der Waals surface area contributed by atoms with E-state index in [-0.39, 0.29) is 23.4 Å². The van der Waals surface area contributed by atoms with Gasteiger partial charge in [0.25, 0.3) is 0 Å². The number of nitrogens with zero attached hydrogens (tertiary/aromatic N) is 1. The zero-order valence-electron chi connectivity index (χ0n) is 18.1. The number of piperidine rings is 1. The van der Waals surface area contributed by atoms with Gasteiger partial charge in [0.2, 0.25) is 5.91 Å². The van der Waals surface area contributed by atoms with Crippen molar-refractivity contribution in [3.8, 4) is 0 Å². The molecule has 0 aliphatic carbocycles. The van der Waals surface area contributed by atoms with Crippen LogP contribution in [0.15, 0.2) is 54.6 Å². The molecular weight excluding hydrogens is 405 g/mol. The Kier molecular flexibility index (Phi) is 5.55. The van der Waals surface area contributed by atoms with E-state index in [0.717, 1.165) is 55.4 Å². The highest BCUT2D eigenvalue weighted by atomic mass is 19.1. The van der Waals surface area contributed by atoms with E-state index >= 15 is 0 Å². The molecule has 0 saturated carbocycles. The van der Waals surface area contributed by atoms with Crippen molar-refractivity contribution in [3.63, 3.8) is 0 Å². The van der Waals surface area contributed by atoms with Gasteiger partial charge in [0.1, 0.15) is 5.82 Å². The van der Waals surface area contributed by atoms with E-state index in [0.29, 0.717) is 18.7 Å². The number of carbonyl (C=O) groups is 2. The summed E-state index contributed by atoms with van der Waals surface area (Å²) in [6.45, 7) is 3.14. The minimum atomic E-state index is -0.408. The molecule has 0 bridgehead atoms. The number of aromatic nitrogens is 1. The molecule has 2 N–H and O–H groups in total. The first-order chi connectivity index (χ1) is 15.5. The van der Waals surface area contributed by atoms with Gasteiger partial charge >= 0.3 is 0 Å². The molecular formula is C26H28FN3O2. The van der Waals surface area contributed by atoms with E-state index in [9.17, 15) is 14.0 Å². The molecule has 2 aliphatic heterocycles. The fraction of sp³-hybridized carbons (Fsp3) is 0.385. The molecule has 5 nitrogen and oxygen atoms in total. The Bertz CT molecular complexity index is 1100. The summed E-state index contributed by atoms with van der Waals surface area (Å²) in [5.41, 5.74) is 2.28. The van der Waals surface area contributed by atoms with Crippen LogP contribution in [0, 0.1) is 11.2 Å². The minimum absolute atomic E-state index is 0.0846. The van der Waals surface area contributed by atoms with Gasteiger partial charge < -0.3 is 15.2 Å². The van der Waals surface area contributed by atoms with E-state index in [2.05, 4.69) is 15.2 Å². The maximum absolute atomic E-state index is 13.4. The molecule has 2 aliphatic rings. The topological polar surface area (TPSA) is 65.2 Å². The first-order valence-corrected chi connectivity index (χ1v) is 11.4. The number of rotatable bonds is 6. The molecule has 0 unspecified atom stereocenters. The first kappa shape index (κ1) is 20.9. The number of carbonyl (C=O) groups excluding carboxylic acids is 2. The number of aromatic amines is 1. The van der Waals surface area contributed by atoms with E-state index in [1.807, 2.05) is 42.5 Å². The highest BCUT2D eigenvalue weighted by molar-refractivity contribution is 5.99. The lowest BCUT2D eigenvalue weighted by Crippen LogP contribution is -2.46. The molecule has 1 aromatic heterocycles. The lowest BCUT2D eigenvalue weighted by Gasteiger charge is -2.41. The molecule has 6 heteroatoms. The van der Waals surface area contributed by atoms with Crippen molar-refractivity contribution < 1.29 is 14.0 Å². The fourth-order valence-electron chi connectivity index (χ4n) is 5.43. The number of hydrogen-bond donors (Lipinski definition) is 2. The van der Waals surface area contributed by atoms with Crippen LogP contribution in [0.5, 0.6) is 0 Å². The van der Waals surface area contributed by atoms with Gasteiger partial charge in [-0.3, -0.25) is 9.59 Å². The molecule has 3 heterocycles. The fourth-order valence-corrected chi connectivity index (χ4v) is 5.43. The normalized spacial score (nSPS) is 20.7. The Morgan fingerprint density at radius 3 is 2.59 bits per heavy atom. The summed E-state index contributed by atoms with van der Waals surface area (Å²) in [4.78, 5) is 31.0. The van der Waals surface area contributed by atoms with Gasteiger partial charge in [0.05, 0.1) is 11.1 Å². The van der Waals surface area contributed by atoms with E-state index in [1.54, 1.807) is 0 Å². The smallest absolute Gasteiger partial charge is 0.227 e. The van der Waals surface area contributed by atoms with Crippen LogP contribution in [0.1, 0.15) is 47.7 Å². The number of likely N-dealkylation sites (tertiary alicyclic amines) is 1. The Morgan fingerprint density at radius 1 is 1.09 bits per heavy atom. The summed E-state index contributed by atoms with van der Waals surface area (Å²) < 4.78 is 13.4. The Morgan fingerprint density at radius 2 is 1.84 bits per heavy atom. The number of para-hydroxylation sites is 1. The summed E-state index contributed by atoms with van der Waals surface area (Å²) in [5.74, 6) is 0.0972. The summed E-state index contributed by atoms with van der Waals surface area (Å²) in [7, 11) is 0. The second kappa shape index (κ2) is 8.51. The lowest BCUT2D eigenvalue weighted by molar-refractivity contribution is -0.130. The largest absolute Gasteiger partial charge is 0.355 e. The van der Waals surface area contributed by atoms with Crippen molar-refractivity contribution in [1.29, 1.82) is 0 Å². The van der Waals surface area contributed by atoms with Gasteiger partial charge in [-0.05, 0) is 68.7 Å². The quantitative estimate of drug-likeness (QED) is 0.571. The standard InChI is InChI=1S/C26H28FN3O2/c27-20-9-7-18(8-10-20)21-17-28-25(32)26(21)11-14-30(15-12-26)13-3-6-24(31)23-16-19-4-1-2-5-22(19)29-23/h1-2,4-5,7-10,16,21,29H,3,6,11-15,17H2,(H,28,32)/t21-/m1/s1. The number of amides is 1. The van der Waals surface area contributed by atoms with Crippen LogP contribution in [0.2, 0.25) is 0 Å². The van der Waals surface area contributed by atoms with Crippen molar-refractivity contribution in [2.75, 3.05) is 26.2 Å². The molecule has 3 aromatic rings. The molecule has 166 valence electrons. The number of ketones is 1. The number of H-pyrrole nitrogens is 1. The van der Waals surface area contributed by atoms with Gasteiger partial charge in [0.15, 0.2) is 5.78 Å². The minimum Gasteiger partial charge on any atom is -0.355 e. The van der Waals surface area contributed by atoms with Gasteiger partial charge in [-0.1, -0.05) is 30.3 Å². The molecule has 2 saturated heterocycles. The SMILES string of the molecule is O=C(CCCN1CCC2(CC1)C(=O)NC[C@@H]2c1ccc(F)cc1)c1cc2ccccc2[nH]1. The monoisotopic (exact) mass is 433 g/mol. The van der Waals surface area contributed by atoms with E-state index in [1.165, 1.54) is 12.1 Å². The number of fused-ring (bicyclic) bond motifs is 1. The van der Waals surface area contributed by atoms with Crippen molar-refractivity contribution in [3.05, 3.63) is 71.7 Å². The zero-order valence-corrected chi connectivity index (χ0v) is 18.1. The second-order valence-corrected chi connectivity index (χ2v) is 9.11. The number of hydrogen-bond acceptors (Lipinski definition) is 3. The highest BCUT2D eigenvalue weighted by Gasteiger charge is 2.51. The van der Waals surface area contributed by atoms with Gasteiger partial charge in [-0.25, -0.2) is 4.39 Å². The van der Waals surface area contributed by atoms with Crippen molar-refractivity contribution in [2.24, 2.45) is 5.41 Å². The second-order valence-electron chi connectivity index (χ2n) is 9.11. The maximum atomic E-state index is 13.4. The number of Topliss-reactive ketones (excluding diaryl/α,β-unsaturated/α-hetero) is 1. The number of halogens is 1. The van der Waals surface area contributed by atoms with Crippen molar-refractivity contribution in [2.45, 2.75) is 31.6 Å². The van der Waals surface area contributed by atoms with Gasteiger partial charge in [-0.2, -0.15) is 0 Å². The molecule has 1 atom stereocenters. The Balaban J connectivity index is 1.16. The third kappa shape index (κ3) is 3.84. The molecule has 32 heavy (non-hydrogen) atoms. The van der Waals surface area contributed by atoms with Crippen LogP contribution in [-0.2, 0) is 4.79 Å². The molecule has 1 spiro atoms. The molecule has 1 amide bonds. The summed E-state index contributed by atoms with van der Waals surface area (Å²) in [6.07, 6.45) is 2.88. The van der Waals surface area contributed by atoms with E-state index in [4.69, 9.17) is 0 Å². The first-order valence-electron chi connectivity index (χ1n) is 11.4. The predicted octanol–water partition coefficient (Wildman–Crippen LogP) is 4.27. The molecule has 2 aromatic carbocycles. The Hall–Kier alpha value is -2.99. The zero-order chi connectivity index (χ0) is 22.1. The summed E-state index contributed by atoms with van der Waals surface area (Å²) >= 11 is 0. The van der Waals surface area contributed by atoms with Crippen LogP contribution in [0.3, 0.4) is 0 Å². The molecule has 0 radical (unpaired) electrons. The lowest BCUT2D eigenvalue weighted by atomic mass is 9.68. The molecule has 5 rings (SSSR count). The third-order valence-corrected chi connectivity index (χ3v) is 7.32. The highest BCUT2D eigenvalue weighted by Crippen LogP contribution is 2.47. The third-order valence-electron chi connectivity index (χ3n) is 7.32. The van der Waals surface area contributed by atoms with Crippen LogP contribution in [-0.4, -0.2) is 47.8 Å². The predicted molar refractivity (Wildman–Crippen MR) is 122 cm³/mol. The maximum Gasteiger partial charge on any atom is 0.227 e. The van der Waals surface area contributed by atoms with Gasteiger partial charge in [0, 0.05) is 29.8 Å². The summed E-state index contributed by atoms with van der Waals surface area (Å²) in [6, 6.07) is 16.4. The van der Waals surface area contributed by atoms with Crippen LogP contribution < -0.4 is 5.32 Å². The van der Waals surface area contributed by atoms with Crippen LogP contribution in [0.25, 0.3) is 10.9 Å². The van der Waals surface area contributed by atoms with Crippen LogP contribution in [0.4, 0.5) is 4.39 Å². The van der Waals surface area contributed by atoms with Crippen molar-refractivity contribution in [1.82, 2.24) is 15.2 Å². The van der Waals surface area contributed by atoms with E-state index < -0.39 is 5.41 Å².